The van der Waals surface area contributed by atoms with Gasteiger partial charge in [0.05, 0.1) is 6.42 Å². The molecule has 0 saturated carbocycles. The van der Waals surface area contributed by atoms with Gasteiger partial charge in [0, 0.05) is 44.1 Å². The van der Waals surface area contributed by atoms with Gasteiger partial charge in [-0.15, -0.1) is 0 Å². The van der Waals surface area contributed by atoms with E-state index in [2.05, 4.69) is 39.4 Å². The van der Waals surface area contributed by atoms with Gasteiger partial charge in [-0.3, -0.25) is 14.5 Å². The molecule has 2 aromatic carbocycles. The summed E-state index contributed by atoms with van der Waals surface area (Å²) in [6.07, 6.45) is 0.285. The van der Waals surface area contributed by atoms with Crippen molar-refractivity contribution < 1.29 is 14.3 Å². The summed E-state index contributed by atoms with van der Waals surface area (Å²) in [5, 5.41) is 2.78. The lowest BCUT2D eigenvalue weighted by Gasteiger charge is -2.36. The molecule has 0 aliphatic carbocycles. The molecule has 2 aromatic rings. The fourth-order valence-electron chi connectivity index (χ4n) is 3.59. The largest absolute Gasteiger partial charge is 0.456 e. The SMILES string of the molecule is CC(C)(C)CC(=O)OCC(=O)Nc1ccc(N2CCN(Cc3ccccc3)CC2)cc1. The second-order valence-electron chi connectivity index (χ2n) is 9.24. The molecule has 31 heavy (non-hydrogen) atoms. The zero-order chi connectivity index (χ0) is 22.3. The Hall–Kier alpha value is -2.86. The Labute approximate surface area is 185 Å². The predicted molar refractivity (Wildman–Crippen MR) is 124 cm³/mol. The number of ether oxygens (including phenoxy) is 1. The zero-order valence-electron chi connectivity index (χ0n) is 18.8. The average Bonchev–Trinajstić information content (AvgIpc) is 2.73. The van der Waals surface area contributed by atoms with Crippen LogP contribution in [0.2, 0.25) is 0 Å². The van der Waals surface area contributed by atoms with E-state index in [9.17, 15) is 9.59 Å². The van der Waals surface area contributed by atoms with E-state index in [0.717, 1.165) is 38.4 Å². The highest BCUT2D eigenvalue weighted by molar-refractivity contribution is 5.93. The number of carbonyl (C=O) groups is 2. The van der Waals surface area contributed by atoms with E-state index >= 15 is 0 Å². The number of hydrogen-bond acceptors (Lipinski definition) is 5. The highest BCUT2D eigenvalue weighted by Crippen LogP contribution is 2.21. The van der Waals surface area contributed by atoms with Gasteiger partial charge in [-0.25, -0.2) is 0 Å². The van der Waals surface area contributed by atoms with Gasteiger partial charge in [0.25, 0.3) is 5.91 Å². The van der Waals surface area contributed by atoms with Crippen LogP contribution in [-0.4, -0.2) is 49.6 Å². The fraction of sp³-hybridized carbons (Fsp3) is 0.440. The van der Waals surface area contributed by atoms with Crippen LogP contribution in [0.15, 0.2) is 54.6 Å². The Morgan fingerprint density at radius 2 is 1.58 bits per heavy atom. The predicted octanol–water partition coefficient (Wildman–Crippen LogP) is 3.93. The van der Waals surface area contributed by atoms with E-state index in [-0.39, 0.29) is 30.3 Å². The van der Waals surface area contributed by atoms with Crippen LogP contribution in [0.25, 0.3) is 0 Å². The van der Waals surface area contributed by atoms with Gasteiger partial charge in [-0.1, -0.05) is 51.1 Å². The zero-order valence-corrected chi connectivity index (χ0v) is 18.8. The Morgan fingerprint density at radius 3 is 2.19 bits per heavy atom. The van der Waals surface area contributed by atoms with Gasteiger partial charge in [0.2, 0.25) is 0 Å². The van der Waals surface area contributed by atoms with Crippen molar-refractivity contribution in [2.75, 3.05) is 43.0 Å². The van der Waals surface area contributed by atoms with E-state index in [1.165, 1.54) is 5.56 Å². The summed E-state index contributed by atoms with van der Waals surface area (Å²) < 4.78 is 5.06. The van der Waals surface area contributed by atoms with Crippen LogP contribution >= 0.6 is 0 Å². The quantitative estimate of drug-likeness (QED) is 0.684. The van der Waals surface area contributed by atoms with E-state index in [4.69, 9.17) is 4.74 Å². The molecule has 1 saturated heterocycles. The maximum absolute atomic E-state index is 12.1. The molecule has 3 rings (SSSR count). The van der Waals surface area contributed by atoms with E-state index in [1.54, 1.807) is 0 Å². The van der Waals surface area contributed by atoms with Crippen molar-refractivity contribution >= 4 is 23.3 Å². The molecular weight excluding hydrogens is 390 g/mol. The van der Waals surface area contributed by atoms with Gasteiger partial charge < -0.3 is 15.0 Å². The first-order chi connectivity index (χ1) is 14.8. The smallest absolute Gasteiger partial charge is 0.306 e. The topological polar surface area (TPSA) is 61.9 Å². The maximum Gasteiger partial charge on any atom is 0.306 e. The number of rotatable bonds is 7. The Morgan fingerprint density at radius 1 is 0.935 bits per heavy atom. The van der Waals surface area contributed by atoms with Gasteiger partial charge >= 0.3 is 5.97 Å². The molecule has 6 heteroatoms. The van der Waals surface area contributed by atoms with Crippen molar-refractivity contribution in [1.82, 2.24) is 4.90 Å². The van der Waals surface area contributed by atoms with E-state index < -0.39 is 0 Å². The third kappa shape index (κ3) is 7.72. The number of anilines is 2. The molecule has 1 N–H and O–H groups in total. The van der Waals surface area contributed by atoms with Gasteiger partial charge in [-0.2, -0.15) is 0 Å². The number of nitrogens with one attached hydrogen (secondary N) is 1. The number of esters is 1. The first-order valence-electron chi connectivity index (χ1n) is 10.9. The van der Waals surface area contributed by atoms with Crippen molar-refractivity contribution in [3.8, 4) is 0 Å². The lowest BCUT2D eigenvalue weighted by atomic mass is 9.92. The lowest BCUT2D eigenvalue weighted by molar-refractivity contribution is -0.149. The average molecular weight is 424 g/mol. The maximum atomic E-state index is 12.1. The van der Waals surface area contributed by atoms with Crippen molar-refractivity contribution in [3.63, 3.8) is 0 Å². The fourth-order valence-corrected chi connectivity index (χ4v) is 3.59. The summed E-state index contributed by atoms with van der Waals surface area (Å²) in [5.74, 6) is -0.686. The van der Waals surface area contributed by atoms with Crippen LogP contribution in [-0.2, 0) is 20.9 Å². The number of nitrogens with zero attached hydrogens (tertiary/aromatic N) is 2. The van der Waals surface area contributed by atoms with Gasteiger partial charge in [0.1, 0.15) is 0 Å². The summed E-state index contributed by atoms with van der Waals surface area (Å²) in [5.41, 5.74) is 3.04. The minimum absolute atomic E-state index is 0.156. The summed E-state index contributed by atoms with van der Waals surface area (Å²) in [7, 11) is 0. The first kappa shape index (κ1) is 22.8. The van der Waals surface area contributed by atoms with Crippen LogP contribution in [0.5, 0.6) is 0 Å². The summed E-state index contributed by atoms with van der Waals surface area (Å²) >= 11 is 0. The molecule has 166 valence electrons. The Bertz CT molecular complexity index is 852. The highest BCUT2D eigenvalue weighted by atomic mass is 16.5. The molecule has 0 unspecified atom stereocenters. The molecule has 0 atom stereocenters. The van der Waals surface area contributed by atoms with Gasteiger partial charge in [0.15, 0.2) is 6.61 Å². The number of carbonyl (C=O) groups excluding carboxylic acids is 2. The third-order valence-corrected chi connectivity index (χ3v) is 5.18. The highest BCUT2D eigenvalue weighted by Gasteiger charge is 2.19. The third-order valence-electron chi connectivity index (χ3n) is 5.18. The van der Waals surface area contributed by atoms with E-state index in [0.29, 0.717) is 5.69 Å². The lowest BCUT2D eigenvalue weighted by Crippen LogP contribution is -2.45. The Balaban J connectivity index is 1.42. The minimum atomic E-state index is -0.357. The van der Waals surface area contributed by atoms with Crippen molar-refractivity contribution in [1.29, 1.82) is 0 Å². The molecular formula is C25H33N3O3. The normalized spacial score (nSPS) is 14.9. The standard InChI is InChI=1S/C25H33N3O3/c1-25(2,3)17-24(30)31-19-23(29)26-21-9-11-22(12-10-21)28-15-13-27(14-16-28)18-20-7-5-4-6-8-20/h4-12H,13-19H2,1-3H3,(H,26,29). The molecule has 1 fully saturated rings. The second kappa shape index (κ2) is 10.4. The van der Waals surface area contributed by atoms with Gasteiger partial charge in [-0.05, 0) is 35.2 Å². The summed E-state index contributed by atoms with van der Waals surface area (Å²) in [6, 6.07) is 18.4. The van der Waals surface area contributed by atoms with Crippen molar-refractivity contribution in [2.45, 2.75) is 33.7 Å². The molecule has 1 aliphatic heterocycles. The van der Waals surface area contributed by atoms with Crippen molar-refractivity contribution in [3.05, 3.63) is 60.2 Å². The number of benzene rings is 2. The van der Waals surface area contributed by atoms with Crippen LogP contribution in [0, 0.1) is 5.41 Å². The van der Waals surface area contributed by atoms with Crippen molar-refractivity contribution in [2.24, 2.45) is 5.41 Å². The van der Waals surface area contributed by atoms with Crippen LogP contribution in [0.3, 0.4) is 0 Å². The molecule has 1 heterocycles. The summed E-state index contributed by atoms with van der Waals surface area (Å²) in [6.45, 7) is 10.6. The summed E-state index contributed by atoms with van der Waals surface area (Å²) in [4.78, 5) is 28.6. The number of piperazine rings is 1. The number of hydrogen-bond donors (Lipinski definition) is 1. The first-order valence-corrected chi connectivity index (χ1v) is 10.9. The van der Waals surface area contributed by atoms with Crippen LogP contribution < -0.4 is 10.2 Å². The molecule has 0 spiro atoms. The van der Waals surface area contributed by atoms with Crippen LogP contribution in [0.1, 0.15) is 32.8 Å². The monoisotopic (exact) mass is 423 g/mol. The number of amides is 1. The molecule has 6 nitrogen and oxygen atoms in total. The molecule has 0 bridgehead atoms. The molecule has 0 aromatic heterocycles. The molecule has 1 amide bonds. The molecule has 0 radical (unpaired) electrons. The Kier molecular flexibility index (Phi) is 7.69. The second-order valence-corrected chi connectivity index (χ2v) is 9.24. The molecule has 1 aliphatic rings. The minimum Gasteiger partial charge on any atom is -0.456 e. The van der Waals surface area contributed by atoms with Crippen LogP contribution in [0.4, 0.5) is 11.4 Å². The van der Waals surface area contributed by atoms with E-state index in [1.807, 2.05) is 51.1 Å².